The quantitative estimate of drug-likeness (QED) is 0.458. The summed E-state index contributed by atoms with van der Waals surface area (Å²) < 4.78 is 5.63. The zero-order valence-electron chi connectivity index (χ0n) is 18.9. The van der Waals surface area contributed by atoms with Crippen LogP contribution in [0.15, 0.2) is 11.6 Å². The third-order valence-corrected chi connectivity index (χ3v) is 9.33. The molecule has 8 heteroatoms. The largest absolute Gasteiger partial charge is 0.459 e. The van der Waals surface area contributed by atoms with E-state index in [0.29, 0.717) is 19.3 Å². The van der Waals surface area contributed by atoms with Crippen LogP contribution in [-0.2, 0) is 19.1 Å². The van der Waals surface area contributed by atoms with Gasteiger partial charge in [-0.3, -0.25) is 9.59 Å². The molecule has 0 bridgehead atoms. The first-order chi connectivity index (χ1) is 14.9. The summed E-state index contributed by atoms with van der Waals surface area (Å²) in [7, 11) is 0. The number of aliphatic hydroxyl groups is 4. The van der Waals surface area contributed by atoms with Crippen LogP contribution in [0, 0.1) is 28.6 Å². The van der Waals surface area contributed by atoms with Crippen molar-refractivity contribution in [1.82, 2.24) is 0 Å². The number of esters is 1. The van der Waals surface area contributed by atoms with Crippen molar-refractivity contribution in [3.05, 3.63) is 11.6 Å². The summed E-state index contributed by atoms with van der Waals surface area (Å²) >= 11 is 0. The number of aliphatic hydroxyl groups excluding tert-OH is 3. The molecule has 0 amide bonds. The minimum Gasteiger partial charge on any atom is -0.459 e. The molecular weight excluding hydrogens is 416 g/mol. The Labute approximate surface area is 187 Å². The third-order valence-electron chi connectivity index (χ3n) is 9.33. The normalized spacial score (nSPS) is 46.4. The van der Waals surface area contributed by atoms with Gasteiger partial charge in [-0.05, 0) is 56.9 Å². The van der Waals surface area contributed by atoms with Gasteiger partial charge in [-0.2, -0.15) is 0 Å². The Hall–Kier alpha value is -1.61. The van der Waals surface area contributed by atoms with Crippen LogP contribution in [0.3, 0.4) is 0 Å². The molecule has 9 atom stereocenters. The van der Waals surface area contributed by atoms with Gasteiger partial charge in [0.1, 0.15) is 24.4 Å². The Bertz CT molecular complexity index is 864. The van der Waals surface area contributed by atoms with Crippen LogP contribution in [0.2, 0.25) is 0 Å². The van der Waals surface area contributed by atoms with E-state index < -0.39 is 53.1 Å². The van der Waals surface area contributed by atoms with Crippen LogP contribution in [0.1, 0.15) is 59.3 Å². The van der Waals surface area contributed by atoms with Crippen molar-refractivity contribution in [2.24, 2.45) is 28.6 Å². The van der Waals surface area contributed by atoms with Gasteiger partial charge in [0.25, 0.3) is 0 Å². The van der Waals surface area contributed by atoms with Gasteiger partial charge in [0, 0.05) is 23.2 Å². The smallest absolute Gasteiger partial charge is 0.334 e. The fourth-order valence-corrected chi connectivity index (χ4v) is 7.70. The second-order valence-corrected chi connectivity index (χ2v) is 10.7. The number of Topliss-reactive ketones (excluding diaryl/α,β-unsaturated/α-hetero) is 1. The maximum atomic E-state index is 12.5. The SMILES string of the molecule is CC(O)C(=O)OC1CC(=O)C=C2CC[C@@H]3[C@H]([C@@H](O)C[C@@]4(C)[C@H]3CC[C@]4(O)C(=O)CO)[C@]21C. The van der Waals surface area contributed by atoms with Crippen LogP contribution in [0.25, 0.3) is 0 Å². The first-order valence-corrected chi connectivity index (χ1v) is 11.6. The van der Waals surface area contributed by atoms with Crippen molar-refractivity contribution in [3.8, 4) is 0 Å². The standard InChI is InChI=1S/C24H34O8/c1-12(26)21(30)32-19-9-14(27)8-13-4-5-15-16-6-7-24(31,18(29)11-25)22(16,2)10-17(28)20(15)23(13,19)3/h8,12,15-17,19-20,25-26,28,31H,4-7,9-11H2,1-3H3/t12?,15-,16-,17-,19?,20+,22-,23+,24-/m0/s1. The zero-order valence-corrected chi connectivity index (χ0v) is 18.9. The number of carbonyl (C=O) groups is 3. The molecule has 0 aliphatic heterocycles. The second kappa shape index (κ2) is 7.72. The number of fused-ring (bicyclic) bond motifs is 5. The maximum Gasteiger partial charge on any atom is 0.334 e. The molecule has 0 aromatic carbocycles. The van der Waals surface area contributed by atoms with Crippen LogP contribution >= 0.6 is 0 Å². The highest BCUT2D eigenvalue weighted by molar-refractivity contribution is 5.93. The van der Waals surface area contributed by atoms with E-state index in [1.165, 1.54) is 6.92 Å². The monoisotopic (exact) mass is 450 g/mol. The van der Waals surface area contributed by atoms with Gasteiger partial charge in [-0.15, -0.1) is 0 Å². The average molecular weight is 451 g/mol. The topological polar surface area (TPSA) is 141 Å². The number of hydrogen-bond donors (Lipinski definition) is 4. The van der Waals surface area contributed by atoms with Crippen molar-refractivity contribution >= 4 is 17.5 Å². The van der Waals surface area contributed by atoms with E-state index in [1.807, 2.05) is 13.8 Å². The summed E-state index contributed by atoms with van der Waals surface area (Å²) in [6, 6.07) is 0. The molecule has 0 spiro atoms. The maximum absolute atomic E-state index is 12.5. The fourth-order valence-electron chi connectivity index (χ4n) is 7.70. The summed E-state index contributed by atoms with van der Waals surface area (Å²) in [5.74, 6) is -1.98. The molecule has 3 saturated carbocycles. The Kier molecular flexibility index (Phi) is 5.68. The van der Waals surface area contributed by atoms with Crippen molar-refractivity contribution in [2.75, 3.05) is 6.61 Å². The fraction of sp³-hybridized carbons (Fsp3) is 0.792. The Morgan fingerprint density at radius 3 is 2.59 bits per heavy atom. The van der Waals surface area contributed by atoms with Crippen LogP contribution in [0.5, 0.6) is 0 Å². The molecule has 0 aromatic heterocycles. The molecule has 8 nitrogen and oxygen atoms in total. The molecule has 4 rings (SSSR count). The first-order valence-electron chi connectivity index (χ1n) is 11.6. The van der Waals surface area contributed by atoms with Gasteiger partial charge in [-0.25, -0.2) is 4.79 Å². The summed E-state index contributed by atoms with van der Waals surface area (Å²) in [5.41, 5.74) is -2.50. The molecular formula is C24H34O8. The summed E-state index contributed by atoms with van der Waals surface area (Å²) in [6.45, 7) is 4.33. The molecule has 0 radical (unpaired) electrons. The number of hydrogen-bond acceptors (Lipinski definition) is 8. The molecule has 3 fully saturated rings. The highest BCUT2D eigenvalue weighted by atomic mass is 16.6. The summed E-state index contributed by atoms with van der Waals surface area (Å²) in [4.78, 5) is 37.2. The van der Waals surface area contributed by atoms with E-state index in [1.54, 1.807) is 6.08 Å². The summed E-state index contributed by atoms with van der Waals surface area (Å²) in [6.07, 6.45) is 0.879. The van der Waals surface area contributed by atoms with Crippen molar-refractivity contribution in [2.45, 2.75) is 83.2 Å². The summed E-state index contributed by atoms with van der Waals surface area (Å²) in [5, 5.41) is 41.9. The Balaban J connectivity index is 1.74. The molecule has 0 heterocycles. The first kappa shape index (κ1) is 23.5. The molecule has 32 heavy (non-hydrogen) atoms. The molecule has 0 saturated heterocycles. The number of rotatable bonds is 4. The lowest BCUT2D eigenvalue weighted by Gasteiger charge is -2.61. The minimum atomic E-state index is -1.68. The molecule has 4 aliphatic rings. The molecule has 178 valence electrons. The predicted octanol–water partition coefficient (Wildman–Crippen LogP) is 0.684. The van der Waals surface area contributed by atoms with E-state index in [9.17, 15) is 34.8 Å². The van der Waals surface area contributed by atoms with E-state index in [-0.39, 0.29) is 42.8 Å². The Morgan fingerprint density at radius 1 is 1.28 bits per heavy atom. The van der Waals surface area contributed by atoms with Crippen molar-refractivity contribution in [3.63, 3.8) is 0 Å². The van der Waals surface area contributed by atoms with Crippen molar-refractivity contribution in [1.29, 1.82) is 0 Å². The molecule has 4 N–H and O–H groups in total. The number of ketones is 2. The lowest BCUT2D eigenvalue weighted by molar-refractivity contribution is -0.199. The Morgan fingerprint density at radius 2 is 1.97 bits per heavy atom. The third kappa shape index (κ3) is 3.06. The number of carbonyl (C=O) groups excluding carboxylic acids is 3. The van der Waals surface area contributed by atoms with E-state index in [2.05, 4.69) is 0 Å². The van der Waals surface area contributed by atoms with Crippen molar-refractivity contribution < 1.29 is 39.5 Å². The molecule has 4 aliphatic carbocycles. The van der Waals surface area contributed by atoms with Crippen LogP contribution < -0.4 is 0 Å². The van der Waals surface area contributed by atoms with Gasteiger partial charge in [0.15, 0.2) is 11.6 Å². The van der Waals surface area contributed by atoms with Crippen LogP contribution in [0.4, 0.5) is 0 Å². The highest BCUT2D eigenvalue weighted by Crippen LogP contribution is 2.67. The van der Waals surface area contributed by atoms with Gasteiger partial charge in [0.05, 0.1) is 6.10 Å². The van der Waals surface area contributed by atoms with Crippen LogP contribution in [-0.4, -0.2) is 68.5 Å². The lowest BCUT2D eigenvalue weighted by Crippen LogP contribution is -2.64. The lowest BCUT2D eigenvalue weighted by atomic mass is 9.44. The van der Waals surface area contributed by atoms with Gasteiger partial charge in [-0.1, -0.05) is 19.4 Å². The van der Waals surface area contributed by atoms with E-state index >= 15 is 0 Å². The highest BCUT2D eigenvalue weighted by Gasteiger charge is 2.69. The predicted molar refractivity (Wildman–Crippen MR) is 112 cm³/mol. The van der Waals surface area contributed by atoms with E-state index in [4.69, 9.17) is 4.74 Å². The molecule has 0 aromatic rings. The van der Waals surface area contributed by atoms with Gasteiger partial charge < -0.3 is 25.2 Å². The minimum absolute atomic E-state index is 0.0106. The van der Waals surface area contributed by atoms with Gasteiger partial charge >= 0.3 is 5.97 Å². The second-order valence-electron chi connectivity index (χ2n) is 10.7. The van der Waals surface area contributed by atoms with Gasteiger partial charge in [0.2, 0.25) is 0 Å². The number of ether oxygens (including phenoxy) is 1. The molecule has 2 unspecified atom stereocenters. The average Bonchev–Trinajstić information content (AvgIpc) is 2.99. The van der Waals surface area contributed by atoms with E-state index in [0.717, 1.165) is 5.57 Å². The zero-order chi connectivity index (χ0) is 23.6.